The van der Waals surface area contributed by atoms with Gasteiger partial charge in [-0.15, -0.1) is 0 Å². The zero-order valence-electron chi connectivity index (χ0n) is 15.2. The first-order valence-corrected chi connectivity index (χ1v) is 10.3. The molecule has 0 aliphatic heterocycles. The number of rotatable bonds is 6. The van der Waals surface area contributed by atoms with E-state index in [0.717, 1.165) is 10.8 Å². The van der Waals surface area contributed by atoms with Crippen LogP contribution in [-0.4, -0.2) is 28.1 Å². The highest BCUT2D eigenvalue weighted by Gasteiger charge is 2.18. The topological polar surface area (TPSA) is 81.7 Å². The Bertz CT molecular complexity index is 1140. The molecular weight excluding hydrogens is 402 g/mol. The zero-order chi connectivity index (χ0) is 20.3. The second-order valence-corrected chi connectivity index (χ2v) is 7.99. The highest BCUT2D eigenvalue weighted by molar-refractivity contribution is 7.92. The van der Waals surface area contributed by atoms with Crippen LogP contribution in [0.2, 0.25) is 5.02 Å². The van der Waals surface area contributed by atoms with Crippen LogP contribution in [0.15, 0.2) is 59.5 Å². The van der Waals surface area contributed by atoms with Gasteiger partial charge in [-0.2, -0.15) is 0 Å². The minimum Gasteiger partial charge on any atom is -0.497 e. The van der Waals surface area contributed by atoms with E-state index in [-0.39, 0.29) is 27.8 Å². The van der Waals surface area contributed by atoms with Gasteiger partial charge in [0.15, 0.2) is 0 Å². The number of sulfonamides is 1. The van der Waals surface area contributed by atoms with Crippen LogP contribution in [0.25, 0.3) is 10.8 Å². The molecule has 0 atom stereocenters. The molecule has 6 nitrogen and oxygen atoms in total. The lowest BCUT2D eigenvalue weighted by atomic mass is 10.1. The standard InChI is InChI=1S/C20H18ClNO5S/c1-3-27-20(23)18-12-15(6-9-19(18)21)22-28(24,25)17-8-5-13-10-16(26-2)7-4-14(13)11-17/h4-12,22H,3H2,1-2H3. The SMILES string of the molecule is CCOC(=O)c1cc(NS(=O)(=O)c2ccc3cc(OC)ccc3c2)ccc1Cl. The van der Waals surface area contributed by atoms with Crippen molar-refractivity contribution in [3.8, 4) is 5.75 Å². The second-order valence-electron chi connectivity index (χ2n) is 5.90. The summed E-state index contributed by atoms with van der Waals surface area (Å²) in [5.41, 5.74) is 0.302. The fraction of sp³-hybridized carbons (Fsp3) is 0.150. The fourth-order valence-corrected chi connectivity index (χ4v) is 3.94. The van der Waals surface area contributed by atoms with Gasteiger partial charge in [0.05, 0.1) is 29.2 Å². The minimum absolute atomic E-state index is 0.0920. The Morgan fingerprint density at radius 1 is 1.04 bits per heavy atom. The number of hydrogen-bond acceptors (Lipinski definition) is 5. The molecule has 0 saturated carbocycles. The molecule has 0 radical (unpaired) electrons. The molecule has 3 aromatic rings. The first kappa shape index (κ1) is 20.0. The normalized spacial score (nSPS) is 11.2. The summed E-state index contributed by atoms with van der Waals surface area (Å²) in [5.74, 6) is 0.0714. The Balaban J connectivity index is 1.92. The van der Waals surface area contributed by atoms with Crippen LogP contribution in [0.3, 0.4) is 0 Å². The quantitative estimate of drug-likeness (QED) is 0.596. The predicted octanol–water partition coefficient (Wildman–Crippen LogP) is 4.48. The second kappa shape index (κ2) is 8.08. The Hall–Kier alpha value is -2.77. The van der Waals surface area contributed by atoms with Gasteiger partial charge >= 0.3 is 5.97 Å². The van der Waals surface area contributed by atoms with Crippen LogP contribution < -0.4 is 9.46 Å². The molecule has 3 aromatic carbocycles. The summed E-state index contributed by atoms with van der Waals surface area (Å²) in [6.45, 7) is 1.86. The van der Waals surface area contributed by atoms with Crippen molar-refractivity contribution >= 4 is 44.1 Å². The molecule has 1 N–H and O–H groups in total. The van der Waals surface area contributed by atoms with Crippen LogP contribution in [0, 0.1) is 0 Å². The highest BCUT2D eigenvalue weighted by Crippen LogP contribution is 2.26. The zero-order valence-corrected chi connectivity index (χ0v) is 16.8. The third kappa shape index (κ3) is 4.21. The smallest absolute Gasteiger partial charge is 0.339 e. The van der Waals surface area contributed by atoms with E-state index in [9.17, 15) is 13.2 Å². The fourth-order valence-electron chi connectivity index (χ4n) is 2.66. The number of carbonyl (C=O) groups is 1. The van der Waals surface area contributed by atoms with Gasteiger partial charge in [-0.05, 0) is 60.2 Å². The molecule has 146 valence electrons. The molecule has 0 aliphatic carbocycles. The summed E-state index contributed by atoms with van der Waals surface area (Å²) in [4.78, 5) is 12.1. The van der Waals surface area contributed by atoms with Gasteiger partial charge in [-0.1, -0.05) is 23.7 Å². The number of fused-ring (bicyclic) bond motifs is 1. The molecule has 0 saturated heterocycles. The summed E-state index contributed by atoms with van der Waals surface area (Å²) in [6.07, 6.45) is 0. The number of nitrogens with one attached hydrogen (secondary N) is 1. The molecule has 0 spiro atoms. The van der Waals surface area contributed by atoms with Gasteiger partial charge in [0.1, 0.15) is 5.75 Å². The Morgan fingerprint density at radius 3 is 2.46 bits per heavy atom. The molecule has 0 aliphatic rings. The van der Waals surface area contributed by atoms with E-state index in [0.29, 0.717) is 5.75 Å². The summed E-state index contributed by atoms with van der Waals surface area (Å²) in [6, 6.07) is 14.4. The van der Waals surface area contributed by atoms with Gasteiger partial charge < -0.3 is 9.47 Å². The van der Waals surface area contributed by atoms with Gasteiger partial charge in [0.25, 0.3) is 10.0 Å². The van der Waals surface area contributed by atoms with E-state index in [4.69, 9.17) is 21.1 Å². The highest BCUT2D eigenvalue weighted by atomic mass is 35.5. The summed E-state index contributed by atoms with van der Waals surface area (Å²) in [7, 11) is -2.29. The van der Waals surface area contributed by atoms with E-state index >= 15 is 0 Å². The van der Waals surface area contributed by atoms with Crippen LogP contribution in [0.1, 0.15) is 17.3 Å². The maximum Gasteiger partial charge on any atom is 0.339 e. The Morgan fingerprint density at radius 2 is 1.75 bits per heavy atom. The van der Waals surface area contributed by atoms with Crippen molar-refractivity contribution < 1.29 is 22.7 Å². The monoisotopic (exact) mass is 419 g/mol. The molecule has 0 aromatic heterocycles. The van der Waals surface area contributed by atoms with Gasteiger partial charge in [-0.3, -0.25) is 4.72 Å². The number of ether oxygens (including phenoxy) is 2. The predicted molar refractivity (Wildman–Crippen MR) is 109 cm³/mol. The van der Waals surface area contributed by atoms with Gasteiger partial charge in [-0.25, -0.2) is 13.2 Å². The molecule has 3 rings (SSSR count). The van der Waals surface area contributed by atoms with Crippen LogP contribution in [0.4, 0.5) is 5.69 Å². The number of anilines is 1. The summed E-state index contributed by atoms with van der Waals surface area (Å²) >= 11 is 6.02. The molecule has 8 heteroatoms. The lowest BCUT2D eigenvalue weighted by Crippen LogP contribution is -2.14. The van der Waals surface area contributed by atoms with Crippen LogP contribution in [0.5, 0.6) is 5.75 Å². The molecule has 28 heavy (non-hydrogen) atoms. The van der Waals surface area contributed by atoms with Crippen molar-refractivity contribution in [3.63, 3.8) is 0 Å². The number of carbonyl (C=O) groups excluding carboxylic acids is 1. The van der Waals surface area contributed by atoms with Crippen molar-refractivity contribution in [2.24, 2.45) is 0 Å². The van der Waals surface area contributed by atoms with Crippen molar-refractivity contribution in [1.29, 1.82) is 0 Å². The average Bonchev–Trinajstić information content (AvgIpc) is 2.68. The number of methoxy groups -OCH3 is 1. The van der Waals surface area contributed by atoms with E-state index in [1.54, 1.807) is 38.3 Å². The maximum absolute atomic E-state index is 12.8. The Labute approximate surface area is 168 Å². The average molecular weight is 420 g/mol. The first-order valence-electron chi connectivity index (χ1n) is 8.41. The van der Waals surface area contributed by atoms with Crippen molar-refractivity contribution in [2.45, 2.75) is 11.8 Å². The van der Waals surface area contributed by atoms with E-state index < -0.39 is 16.0 Å². The van der Waals surface area contributed by atoms with E-state index in [2.05, 4.69) is 4.72 Å². The third-order valence-corrected chi connectivity index (χ3v) is 5.75. The number of hydrogen-bond donors (Lipinski definition) is 1. The lowest BCUT2D eigenvalue weighted by molar-refractivity contribution is 0.0526. The van der Waals surface area contributed by atoms with Crippen molar-refractivity contribution in [2.75, 3.05) is 18.4 Å². The summed E-state index contributed by atoms with van der Waals surface area (Å²) < 4.78 is 38.1. The molecule has 0 bridgehead atoms. The van der Waals surface area contributed by atoms with E-state index in [1.165, 1.54) is 24.3 Å². The van der Waals surface area contributed by atoms with Crippen LogP contribution >= 0.6 is 11.6 Å². The first-order chi connectivity index (χ1) is 13.3. The third-order valence-electron chi connectivity index (χ3n) is 4.04. The maximum atomic E-state index is 12.8. The summed E-state index contributed by atoms with van der Waals surface area (Å²) in [5, 5.41) is 1.79. The van der Waals surface area contributed by atoms with E-state index in [1.807, 2.05) is 6.07 Å². The van der Waals surface area contributed by atoms with Crippen LogP contribution in [-0.2, 0) is 14.8 Å². The number of benzene rings is 3. The van der Waals surface area contributed by atoms with Crippen molar-refractivity contribution in [3.05, 3.63) is 65.2 Å². The molecule has 0 unspecified atom stereocenters. The van der Waals surface area contributed by atoms with Crippen molar-refractivity contribution in [1.82, 2.24) is 0 Å². The molecule has 0 amide bonds. The molecule has 0 heterocycles. The van der Waals surface area contributed by atoms with Gasteiger partial charge in [0, 0.05) is 5.69 Å². The lowest BCUT2D eigenvalue weighted by Gasteiger charge is -2.11. The minimum atomic E-state index is -3.86. The van der Waals surface area contributed by atoms with Gasteiger partial charge in [0.2, 0.25) is 0 Å². The number of halogens is 1. The molecule has 0 fully saturated rings. The molecular formula is C20H18ClNO5S. The largest absolute Gasteiger partial charge is 0.497 e. The number of esters is 1. The Kier molecular flexibility index (Phi) is 5.76.